The zero-order valence-corrected chi connectivity index (χ0v) is 14.6. The summed E-state index contributed by atoms with van der Waals surface area (Å²) in [6.07, 6.45) is 2.08. The fourth-order valence-electron chi connectivity index (χ4n) is 3.23. The van der Waals surface area contributed by atoms with Gasteiger partial charge in [0.1, 0.15) is 5.75 Å². The van der Waals surface area contributed by atoms with Crippen molar-refractivity contribution in [2.45, 2.75) is 6.54 Å². The summed E-state index contributed by atoms with van der Waals surface area (Å²) in [7, 11) is 1.65. The highest BCUT2D eigenvalue weighted by atomic mass is 16.5. The van der Waals surface area contributed by atoms with Crippen molar-refractivity contribution in [1.82, 2.24) is 4.90 Å². The molecule has 0 atom stereocenters. The second-order valence-corrected chi connectivity index (χ2v) is 6.23. The normalized spacial score (nSPS) is 14.6. The van der Waals surface area contributed by atoms with E-state index in [0.717, 1.165) is 33.7 Å². The molecule has 0 N–H and O–H groups in total. The van der Waals surface area contributed by atoms with Crippen LogP contribution < -0.4 is 4.74 Å². The zero-order chi connectivity index (χ0) is 17.9. The summed E-state index contributed by atoms with van der Waals surface area (Å²) < 4.78 is 5.22. The molecule has 3 aromatic carbocycles. The van der Waals surface area contributed by atoms with Gasteiger partial charge in [-0.05, 0) is 35.4 Å². The second-order valence-electron chi connectivity index (χ2n) is 6.23. The summed E-state index contributed by atoms with van der Waals surface area (Å²) in [6, 6.07) is 25.7. The standard InChI is InChI=1S/C23H19NO2/c1-26-19-13-11-18(12-14-19)16-24-22(15-17-7-3-2-4-8-17)20-9-5-6-10-21(20)23(24)25/h2-15H,16H2,1H3/b22-15-. The Labute approximate surface area is 153 Å². The van der Waals surface area contributed by atoms with Gasteiger partial charge in [-0.3, -0.25) is 4.79 Å². The number of fused-ring (bicyclic) bond motifs is 1. The highest BCUT2D eigenvalue weighted by Gasteiger charge is 2.31. The number of hydrogen-bond donors (Lipinski definition) is 0. The van der Waals surface area contributed by atoms with Gasteiger partial charge in [0, 0.05) is 11.1 Å². The number of methoxy groups -OCH3 is 1. The molecule has 26 heavy (non-hydrogen) atoms. The molecule has 0 bridgehead atoms. The van der Waals surface area contributed by atoms with Crippen molar-refractivity contribution in [2.75, 3.05) is 7.11 Å². The topological polar surface area (TPSA) is 29.5 Å². The average molecular weight is 341 g/mol. The Balaban J connectivity index is 1.74. The van der Waals surface area contributed by atoms with Crippen LogP contribution in [0.1, 0.15) is 27.0 Å². The predicted octanol–water partition coefficient (Wildman–Crippen LogP) is 4.85. The van der Waals surface area contributed by atoms with Gasteiger partial charge in [-0.25, -0.2) is 0 Å². The Morgan fingerprint density at radius 1 is 0.846 bits per heavy atom. The Bertz CT molecular complexity index is 959. The molecule has 4 rings (SSSR count). The quantitative estimate of drug-likeness (QED) is 0.679. The number of benzene rings is 3. The molecule has 3 nitrogen and oxygen atoms in total. The monoisotopic (exact) mass is 341 g/mol. The molecule has 0 aromatic heterocycles. The van der Waals surface area contributed by atoms with Crippen molar-refractivity contribution in [1.29, 1.82) is 0 Å². The smallest absolute Gasteiger partial charge is 0.259 e. The number of carbonyl (C=O) groups is 1. The Morgan fingerprint density at radius 2 is 1.50 bits per heavy atom. The van der Waals surface area contributed by atoms with Crippen LogP contribution in [0.5, 0.6) is 5.75 Å². The maximum atomic E-state index is 13.0. The van der Waals surface area contributed by atoms with Crippen LogP contribution in [0.25, 0.3) is 11.8 Å². The highest BCUT2D eigenvalue weighted by molar-refractivity contribution is 6.11. The molecule has 0 spiro atoms. The van der Waals surface area contributed by atoms with Gasteiger partial charge >= 0.3 is 0 Å². The van der Waals surface area contributed by atoms with E-state index in [4.69, 9.17) is 4.74 Å². The summed E-state index contributed by atoms with van der Waals surface area (Å²) in [5.41, 5.74) is 4.81. The van der Waals surface area contributed by atoms with Crippen LogP contribution in [0.3, 0.4) is 0 Å². The lowest BCUT2D eigenvalue weighted by Crippen LogP contribution is -2.22. The van der Waals surface area contributed by atoms with Gasteiger partial charge in [0.25, 0.3) is 5.91 Å². The van der Waals surface area contributed by atoms with Gasteiger partial charge in [-0.2, -0.15) is 0 Å². The summed E-state index contributed by atoms with van der Waals surface area (Å²) in [6.45, 7) is 0.524. The van der Waals surface area contributed by atoms with Crippen LogP contribution in [0.2, 0.25) is 0 Å². The predicted molar refractivity (Wildman–Crippen MR) is 104 cm³/mol. The first-order chi connectivity index (χ1) is 12.8. The van der Waals surface area contributed by atoms with Gasteiger partial charge in [0.05, 0.1) is 19.4 Å². The van der Waals surface area contributed by atoms with E-state index in [0.29, 0.717) is 6.54 Å². The fraction of sp³-hybridized carbons (Fsp3) is 0.0870. The summed E-state index contributed by atoms with van der Waals surface area (Å²) in [5, 5.41) is 0. The maximum Gasteiger partial charge on any atom is 0.259 e. The molecule has 0 aliphatic carbocycles. The molecule has 3 aromatic rings. The molecular formula is C23H19NO2. The van der Waals surface area contributed by atoms with Gasteiger partial charge in [-0.1, -0.05) is 60.7 Å². The Morgan fingerprint density at radius 3 is 2.19 bits per heavy atom. The van der Waals surface area contributed by atoms with E-state index in [9.17, 15) is 4.79 Å². The van der Waals surface area contributed by atoms with Gasteiger partial charge in [-0.15, -0.1) is 0 Å². The number of amides is 1. The lowest BCUT2D eigenvalue weighted by atomic mass is 10.1. The fourth-order valence-corrected chi connectivity index (χ4v) is 3.23. The minimum atomic E-state index is 0.0404. The van der Waals surface area contributed by atoms with E-state index in [-0.39, 0.29) is 5.91 Å². The third-order valence-electron chi connectivity index (χ3n) is 4.57. The lowest BCUT2D eigenvalue weighted by Gasteiger charge is -2.19. The average Bonchev–Trinajstić information content (AvgIpc) is 2.95. The van der Waals surface area contributed by atoms with Crippen molar-refractivity contribution in [3.8, 4) is 5.75 Å². The number of rotatable bonds is 4. The van der Waals surface area contributed by atoms with Gasteiger partial charge < -0.3 is 9.64 Å². The number of nitrogens with zero attached hydrogens (tertiary/aromatic N) is 1. The van der Waals surface area contributed by atoms with Gasteiger partial charge in [0.2, 0.25) is 0 Å². The van der Waals surface area contributed by atoms with Crippen LogP contribution in [0.15, 0.2) is 78.9 Å². The van der Waals surface area contributed by atoms with E-state index >= 15 is 0 Å². The molecule has 1 aliphatic heterocycles. The van der Waals surface area contributed by atoms with Crippen LogP contribution in [-0.4, -0.2) is 17.9 Å². The van der Waals surface area contributed by atoms with Crippen molar-refractivity contribution in [2.24, 2.45) is 0 Å². The molecule has 0 unspecified atom stereocenters. The van der Waals surface area contributed by atoms with Crippen molar-refractivity contribution in [3.63, 3.8) is 0 Å². The molecule has 1 heterocycles. The number of carbonyl (C=O) groups excluding carboxylic acids is 1. The van der Waals surface area contributed by atoms with Crippen molar-refractivity contribution >= 4 is 17.7 Å². The molecule has 1 amide bonds. The van der Waals surface area contributed by atoms with E-state index in [1.54, 1.807) is 7.11 Å². The lowest BCUT2D eigenvalue weighted by molar-refractivity contribution is 0.0843. The third-order valence-corrected chi connectivity index (χ3v) is 4.57. The molecule has 3 heteroatoms. The van der Waals surface area contributed by atoms with Crippen LogP contribution in [0.4, 0.5) is 0 Å². The van der Waals surface area contributed by atoms with E-state index < -0.39 is 0 Å². The Hall–Kier alpha value is -3.33. The van der Waals surface area contributed by atoms with Crippen molar-refractivity contribution < 1.29 is 9.53 Å². The molecule has 0 saturated heterocycles. The molecule has 1 aliphatic rings. The zero-order valence-electron chi connectivity index (χ0n) is 14.6. The minimum absolute atomic E-state index is 0.0404. The van der Waals surface area contributed by atoms with Crippen LogP contribution >= 0.6 is 0 Å². The largest absolute Gasteiger partial charge is 0.497 e. The first-order valence-corrected chi connectivity index (χ1v) is 8.57. The molecule has 0 saturated carbocycles. The van der Waals surface area contributed by atoms with Crippen LogP contribution in [-0.2, 0) is 6.54 Å². The molecular weight excluding hydrogens is 322 g/mol. The van der Waals surface area contributed by atoms with Crippen LogP contribution in [0, 0.1) is 0 Å². The number of ether oxygens (including phenoxy) is 1. The van der Waals surface area contributed by atoms with Gasteiger partial charge in [0.15, 0.2) is 0 Å². The first-order valence-electron chi connectivity index (χ1n) is 8.57. The maximum absolute atomic E-state index is 13.0. The third kappa shape index (κ3) is 3.00. The molecule has 128 valence electrons. The first kappa shape index (κ1) is 16.2. The second kappa shape index (κ2) is 6.89. The minimum Gasteiger partial charge on any atom is -0.497 e. The Kier molecular flexibility index (Phi) is 4.28. The summed E-state index contributed by atoms with van der Waals surface area (Å²) in [4.78, 5) is 14.8. The molecule has 0 radical (unpaired) electrons. The van der Waals surface area contributed by atoms with E-state index in [2.05, 4.69) is 6.08 Å². The summed E-state index contributed by atoms with van der Waals surface area (Å²) >= 11 is 0. The SMILES string of the molecule is COc1ccc(CN2C(=O)c3ccccc3/C2=C/c2ccccc2)cc1. The molecule has 0 fully saturated rings. The summed E-state index contributed by atoms with van der Waals surface area (Å²) in [5.74, 6) is 0.850. The van der Waals surface area contributed by atoms with E-state index in [1.807, 2.05) is 83.8 Å². The number of hydrogen-bond acceptors (Lipinski definition) is 2. The van der Waals surface area contributed by atoms with E-state index in [1.165, 1.54) is 0 Å². The highest BCUT2D eigenvalue weighted by Crippen LogP contribution is 2.35. The van der Waals surface area contributed by atoms with Crippen molar-refractivity contribution in [3.05, 3.63) is 101 Å².